The fraction of sp³-hybridized carbons (Fsp3) is 0.455. The summed E-state index contributed by atoms with van der Waals surface area (Å²) in [7, 11) is 1.67. The molecule has 1 aliphatic heterocycles. The number of carbonyl (C=O) groups is 1. The first-order chi connectivity index (χ1) is 14.4. The Kier molecular flexibility index (Phi) is 5.94. The first-order valence-electron chi connectivity index (χ1n) is 10.3. The van der Waals surface area contributed by atoms with E-state index < -0.39 is 0 Å². The van der Waals surface area contributed by atoms with Gasteiger partial charge in [0.2, 0.25) is 5.91 Å². The molecule has 4 rings (SSSR count). The lowest BCUT2D eigenvalue weighted by Crippen LogP contribution is -2.35. The molecule has 1 unspecified atom stereocenters. The van der Waals surface area contributed by atoms with Crippen LogP contribution in [-0.4, -0.2) is 37.0 Å². The number of nitrogens with zero attached hydrogens (tertiary/aromatic N) is 4. The van der Waals surface area contributed by atoms with E-state index in [0.29, 0.717) is 25.1 Å². The number of benzene rings is 1. The number of hydrogen-bond acceptors (Lipinski definition) is 5. The van der Waals surface area contributed by atoms with Crippen LogP contribution in [0.5, 0.6) is 0 Å². The highest BCUT2D eigenvalue weighted by Crippen LogP contribution is 2.25. The smallest absolute Gasteiger partial charge is 0.345 e. The minimum absolute atomic E-state index is 0.0491. The predicted molar refractivity (Wildman–Crippen MR) is 119 cm³/mol. The van der Waals surface area contributed by atoms with E-state index in [9.17, 15) is 9.59 Å². The molecule has 8 heteroatoms. The van der Waals surface area contributed by atoms with E-state index in [1.54, 1.807) is 23.4 Å². The molecule has 3 aromatic rings. The van der Waals surface area contributed by atoms with Crippen LogP contribution in [0.15, 0.2) is 34.1 Å². The van der Waals surface area contributed by atoms with Crippen molar-refractivity contribution in [3.63, 3.8) is 0 Å². The summed E-state index contributed by atoms with van der Waals surface area (Å²) < 4.78 is 3.10. The summed E-state index contributed by atoms with van der Waals surface area (Å²) in [6.45, 7) is 4.79. The molecule has 1 atom stereocenters. The molecular formula is C22H27N5O2S. The molecule has 0 fully saturated rings. The molecule has 30 heavy (non-hydrogen) atoms. The molecule has 1 N–H and O–H groups in total. The van der Waals surface area contributed by atoms with Gasteiger partial charge in [0, 0.05) is 43.6 Å². The highest BCUT2D eigenvalue weighted by molar-refractivity contribution is 7.99. The van der Waals surface area contributed by atoms with Crippen molar-refractivity contribution in [1.29, 1.82) is 0 Å². The summed E-state index contributed by atoms with van der Waals surface area (Å²) in [5.74, 6) is 1.54. The molecule has 0 radical (unpaired) electrons. The molecule has 7 nitrogen and oxygen atoms in total. The third kappa shape index (κ3) is 4.43. The highest BCUT2D eigenvalue weighted by Gasteiger charge is 2.21. The Morgan fingerprint density at radius 3 is 2.93 bits per heavy atom. The van der Waals surface area contributed by atoms with E-state index in [1.165, 1.54) is 21.2 Å². The lowest BCUT2D eigenvalue weighted by molar-refractivity contribution is -0.121. The van der Waals surface area contributed by atoms with E-state index in [-0.39, 0.29) is 17.6 Å². The van der Waals surface area contributed by atoms with E-state index in [4.69, 9.17) is 4.98 Å². The number of hydrogen-bond donors (Lipinski definition) is 1. The average Bonchev–Trinajstić information content (AvgIpc) is 2.85. The summed E-state index contributed by atoms with van der Waals surface area (Å²) in [4.78, 5) is 29.2. The fourth-order valence-corrected chi connectivity index (χ4v) is 4.86. The number of fused-ring (bicyclic) bond motifs is 2. The number of carbonyl (C=O) groups excluding carboxylic acids is 1. The molecule has 1 amide bonds. The summed E-state index contributed by atoms with van der Waals surface area (Å²) in [5.41, 5.74) is 3.35. The van der Waals surface area contributed by atoms with Crippen LogP contribution in [-0.2, 0) is 24.8 Å². The second kappa shape index (κ2) is 8.63. The van der Waals surface area contributed by atoms with E-state index >= 15 is 0 Å². The zero-order chi connectivity index (χ0) is 21.3. The zero-order valence-corrected chi connectivity index (χ0v) is 18.5. The van der Waals surface area contributed by atoms with Crippen molar-refractivity contribution in [3.8, 4) is 0 Å². The van der Waals surface area contributed by atoms with Gasteiger partial charge < -0.3 is 5.32 Å². The van der Waals surface area contributed by atoms with Crippen LogP contribution in [0.1, 0.15) is 36.2 Å². The van der Waals surface area contributed by atoms with Crippen molar-refractivity contribution in [3.05, 3.63) is 51.7 Å². The largest absolute Gasteiger partial charge is 0.353 e. The van der Waals surface area contributed by atoms with Gasteiger partial charge in [-0.05, 0) is 50.5 Å². The van der Waals surface area contributed by atoms with Gasteiger partial charge >= 0.3 is 5.69 Å². The van der Waals surface area contributed by atoms with E-state index in [0.717, 1.165) is 29.2 Å². The zero-order valence-electron chi connectivity index (χ0n) is 17.6. The van der Waals surface area contributed by atoms with Gasteiger partial charge in [-0.15, -0.1) is 11.8 Å². The van der Waals surface area contributed by atoms with Crippen LogP contribution in [0.4, 0.5) is 0 Å². The first-order valence-corrected chi connectivity index (χ1v) is 11.3. The van der Waals surface area contributed by atoms with Gasteiger partial charge in [-0.2, -0.15) is 5.10 Å². The van der Waals surface area contributed by atoms with Crippen molar-refractivity contribution in [2.45, 2.75) is 57.1 Å². The minimum Gasteiger partial charge on any atom is -0.353 e. The maximum atomic E-state index is 12.4. The molecule has 0 aliphatic carbocycles. The predicted octanol–water partition coefficient (Wildman–Crippen LogP) is 2.75. The third-order valence-corrected chi connectivity index (χ3v) is 6.51. The highest BCUT2D eigenvalue weighted by atomic mass is 32.2. The Labute approximate surface area is 179 Å². The van der Waals surface area contributed by atoms with E-state index in [2.05, 4.69) is 48.5 Å². The SMILES string of the molecule is Cc1ccc2nc(SCCC(=O)NC3CCc4nn(C)c(=O)n4CC3)cc(C)c2c1. The number of amides is 1. The van der Waals surface area contributed by atoms with Crippen LogP contribution in [0.2, 0.25) is 0 Å². The van der Waals surface area contributed by atoms with Crippen molar-refractivity contribution < 1.29 is 4.79 Å². The standard InChI is InChI=1S/C22H27N5O2S/c1-14-4-6-18-17(12-14)15(2)13-21(24-18)30-11-9-20(28)23-16-5-7-19-25-26(3)22(29)27(19)10-8-16/h4,6,12-13,16H,5,7-11H2,1-3H3,(H,23,28). The normalized spacial score (nSPS) is 16.3. The number of pyridine rings is 1. The van der Waals surface area contributed by atoms with Gasteiger partial charge in [-0.3, -0.25) is 9.36 Å². The molecule has 0 bridgehead atoms. The number of nitrogens with one attached hydrogen (secondary N) is 1. The van der Waals surface area contributed by atoms with E-state index in [1.807, 2.05) is 0 Å². The van der Waals surface area contributed by atoms with Crippen LogP contribution in [0, 0.1) is 13.8 Å². The number of thioether (sulfide) groups is 1. The Hall–Kier alpha value is -2.61. The Balaban J connectivity index is 1.29. The molecular weight excluding hydrogens is 398 g/mol. The van der Waals surface area contributed by atoms with Crippen LogP contribution < -0.4 is 11.0 Å². The molecule has 0 spiro atoms. The maximum Gasteiger partial charge on any atom is 0.345 e. The van der Waals surface area contributed by atoms with Gasteiger partial charge in [0.25, 0.3) is 0 Å². The molecule has 3 heterocycles. The van der Waals surface area contributed by atoms with Crippen LogP contribution in [0.3, 0.4) is 0 Å². The Bertz CT molecular complexity index is 1150. The lowest BCUT2D eigenvalue weighted by atomic mass is 10.1. The Morgan fingerprint density at radius 2 is 2.10 bits per heavy atom. The third-order valence-electron chi connectivity index (χ3n) is 5.59. The van der Waals surface area contributed by atoms with Gasteiger partial charge in [0.1, 0.15) is 5.82 Å². The van der Waals surface area contributed by atoms with Crippen LogP contribution in [0.25, 0.3) is 10.9 Å². The fourth-order valence-electron chi connectivity index (χ4n) is 3.94. The molecule has 0 saturated carbocycles. The summed E-state index contributed by atoms with van der Waals surface area (Å²) in [6, 6.07) is 8.47. The van der Waals surface area contributed by atoms with Gasteiger partial charge in [-0.1, -0.05) is 11.6 Å². The number of aromatic nitrogens is 4. The quantitative estimate of drug-likeness (QED) is 0.636. The topological polar surface area (TPSA) is 81.8 Å². The monoisotopic (exact) mass is 425 g/mol. The minimum atomic E-state index is -0.0817. The van der Waals surface area contributed by atoms with Crippen molar-refractivity contribution in [2.24, 2.45) is 7.05 Å². The summed E-state index contributed by atoms with van der Waals surface area (Å²) in [6.07, 6.45) is 2.71. The summed E-state index contributed by atoms with van der Waals surface area (Å²) >= 11 is 1.61. The van der Waals surface area contributed by atoms with Crippen LogP contribution >= 0.6 is 11.8 Å². The maximum absolute atomic E-state index is 12.4. The molecule has 1 aromatic carbocycles. The second-order valence-corrected chi connectivity index (χ2v) is 9.08. The van der Waals surface area contributed by atoms with Crippen molar-refractivity contribution in [1.82, 2.24) is 24.6 Å². The number of rotatable bonds is 5. The average molecular weight is 426 g/mol. The Morgan fingerprint density at radius 1 is 1.27 bits per heavy atom. The van der Waals surface area contributed by atoms with Gasteiger partial charge in [0.05, 0.1) is 10.5 Å². The first kappa shape index (κ1) is 20.7. The van der Waals surface area contributed by atoms with Gasteiger partial charge in [0.15, 0.2) is 0 Å². The van der Waals surface area contributed by atoms with Crippen molar-refractivity contribution in [2.75, 3.05) is 5.75 Å². The van der Waals surface area contributed by atoms with Crippen molar-refractivity contribution >= 4 is 28.6 Å². The molecule has 0 saturated heterocycles. The lowest BCUT2D eigenvalue weighted by Gasteiger charge is -2.16. The molecule has 2 aromatic heterocycles. The number of aryl methyl sites for hydroxylation is 4. The molecule has 158 valence electrons. The summed E-state index contributed by atoms with van der Waals surface area (Å²) in [5, 5.41) is 9.55. The second-order valence-electron chi connectivity index (χ2n) is 7.96. The molecule has 1 aliphatic rings. The van der Waals surface area contributed by atoms with Gasteiger partial charge in [-0.25, -0.2) is 14.5 Å².